The Bertz CT molecular complexity index is 5330. The number of amides is 7. The van der Waals surface area contributed by atoms with Gasteiger partial charge in [-0.25, -0.2) is 24.5 Å². The van der Waals surface area contributed by atoms with E-state index >= 15 is 0 Å². The minimum absolute atomic E-state index is 0.0566. The number of aryl methyl sites for hydroxylation is 2. The number of fused-ring (bicyclic) bond motifs is 4. The number of hydrogen-bond donors (Lipinski definition) is 3. The molecule has 566 valence electrons. The molecule has 16 rings (SSSR count). The van der Waals surface area contributed by atoms with E-state index in [2.05, 4.69) is 69.6 Å². The van der Waals surface area contributed by atoms with Crippen molar-refractivity contribution in [2.75, 3.05) is 86.4 Å². The van der Waals surface area contributed by atoms with Crippen LogP contribution in [0, 0.1) is 30.6 Å². The number of rotatable bonds is 15. The number of imidazole rings is 1. The van der Waals surface area contributed by atoms with Gasteiger partial charge in [0.1, 0.15) is 40.2 Å². The Morgan fingerprint density at radius 2 is 1.25 bits per heavy atom. The highest BCUT2D eigenvalue weighted by molar-refractivity contribution is 6.10. The first kappa shape index (κ1) is 72.3. The number of aromatic nitrogens is 10. The summed E-state index contributed by atoms with van der Waals surface area (Å²) in [5, 5.41) is 21.2. The van der Waals surface area contributed by atoms with Crippen LogP contribution in [0.4, 0.5) is 54.0 Å². The van der Waals surface area contributed by atoms with Gasteiger partial charge in [-0.15, -0.1) is 0 Å². The van der Waals surface area contributed by atoms with Crippen molar-refractivity contribution in [3.8, 4) is 0 Å². The number of hydrogen-bond acceptors (Lipinski definition) is 16. The van der Waals surface area contributed by atoms with Crippen molar-refractivity contribution in [1.82, 2.24) is 68.6 Å². The molecule has 6 fully saturated rings. The number of pyridine rings is 4. The van der Waals surface area contributed by atoms with E-state index in [1.165, 1.54) is 19.2 Å². The van der Waals surface area contributed by atoms with Gasteiger partial charge in [0.15, 0.2) is 0 Å². The molecule has 7 amide bonds. The fourth-order valence-corrected chi connectivity index (χ4v) is 18.0. The Kier molecular flexibility index (Phi) is 19.2. The van der Waals surface area contributed by atoms with Gasteiger partial charge in [-0.05, 0) is 185 Å². The second-order valence-electron chi connectivity index (χ2n) is 30.0. The molecule has 109 heavy (non-hydrogen) atoms. The number of nitrogens with zero attached hydrogens (tertiary/aromatic N) is 15. The average molecular weight is 1500 g/mol. The van der Waals surface area contributed by atoms with Crippen LogP contribution in [0.5, 0.6) is 0 Å². The lowest BCUT2D eigenvalue weighted by Crippen LogP contribution is -2.50. The third kappa shape index (κ3) is 14.4. The lowest BCUT2D eigenvalue weighted by molar-refractivity contribution is -0.149. The topological polar surface area (TPSA) is 269 Å². The molecule has 31 heteroatoms. The SMILES string of the molecule is Cc1ccc2c(c1C1CCN(C[C@H]3CC[C@H](n4cc5cc(NC(=O)c6cccc(C(F)(F)F)n6)ncc5n4)CC3C3C[C@@H](n4cc5cc(NC(=O)c6cccc(C(F)(F)F)n6)ccc5n4)CC[C@@H]3CN3CCN(c4ccc5c(N6CCC(=O)NC6=O)cncc5c4)CC3)CC1)n(C)c(=O)n2C1CCC(=O)N(C)C1=O. The summed E-state index contributed by atoms with van der Waals surface area (Å²) in [6.45, 7) is 8.67. The van der Waals surface area contributed by atoms with Gasteiger partial charge in [-0.2, -0.15) is 36.5 Å². The average Bonchev–Trinajstić information content (AvgIpc) is 1.59. The van der Waals surface area contributed by atoms with Crippen molar-refractivity contribution < 1.29 is 55.1 Å². The van der Waals surface area contributed by atoms with Gasteiger partial charge in [0.2, 0.25) is 11.8 Å². The smallest absolute Gasteiger partial charge is 0.369 e. The number of halogens is 6. The van der Waals surface area contributed by atoms with Gasteiger partial charge in [0.05, 0.1) is 46.7 Å². The molecule has 4 aliphatic heterocycles. The van der Waals surface area contributed by atoms with Gasteiger partial charge in [-0.1, -0.05) is 24.3 Å². The summed E-state index contributed by atoms with van der Waals surface area (Å²) in [5.74, 6) is -1.69. The predicted molar refractivity (Wildman–Crippen MR) is 394 cm³/mol. The Morgan fingerprint density at radius 1 is 0.615 bits per heavy atom. The summed E-state index contributed by atoms with van der Waals surface area (Å²) in [6, 6.07) is 21.9. The number of benzene rings is 3. The lowest BCUT2D eigenvalue weighted by atomic mass is 9.62. The Hall–Kier alpha value is -10.9. The molecule has 25 nitrogen and oxygen atoms in total. The van der Waals surface area contributed by atoms with Crippen LogP contribution in [-0.2, 0) is 33.8 Å². The van der Waals surface area contributed by atoms with E-state index in [4.69, 9.17) is 10.2 Å². The van der Waals surface area contributed by atoms with Crippen LogP contribution in [0.2, 0.25) is 0 Å². The molecule has 0 bridgehead atoms. The molecule has 3 unspecified atom stereocenters. The van der Waals surface area contributed by atoms with Gasteiger partial charge in [0.25, 0.3) is 17.7 Å². The quantitative estimate of drug-likeness (QED) is 0.0636. The van der Waals surface area contributed by atoms with Gasteiger partial charge >= 0.3 is 24.1 Å². The molecular weight excluding hydrogens is 1410 g/mol. The number of urea groups is 1. The number of nitrogens with one attached hydrogen (secondary N) is 3. The van der Waals surface area contributed by atoms with Crippen LogP contribution in [-0.4, -0.2) is 165 Å². The maximum atomic E-state index is 14.3. The molecule has 2 saturated carbocycles. The van der Waals surface area contributed by atoms with Crippen LogP contribution < -0.4 is 31.4 Å². The van der Waals surface area contributed by atoms with Crippen LogP contribution in [0.1, 0.15) is 138 Å². The molecule has 0 radical (unpaired) electrons. The molecule has 3 aromatic carbocycles. The van der Waals surface area contributed by atoms with Crippen LogP contribution in [0.25, 0.3) is 43.6 Å². The van der Waals surface area contributed by atoms with E-state index in [1.54, 1.807) is 63.9 Å². The Morgan fingerprint density at radius 3 is 1.90 bits per heavy atom. The van der Waals surface area contributed by atoms with Crippen molar-refractivity contribution in [2.45, 2.75) is 114 Å². The maximum Gasteiger partial charge on any atom is 0.433 e. The molecule has 7 atom stereocenters. The number of piperidine rings is 2. The van der Waals surface area contributed by atoms with E-state index in [-0.39, 0.29) is 96.5 Å². The second kappa shape index (κ2) is 28.9. The minimum Gasteiger partial charge on any atom is -0.369 e. The number of piperazine rings is 1. The Balaban J connectivity index is 0.699. The molecule has 6 aliphatic rings. The lowest BCUT2D eigenvalue weighted by Gasteiger charge is -2.49. The third-order valence-corrected chi connectivity index (χ3v) is 23.5. The number of anilines is 4. The maximum absolute atomic E-state index is 14.3. The highest BCUT2D eigenvalue weighted by Gasteiger charge is 2.46. The fraction of sp³-hybridized carbons (Fsp3) is 0.423. The highest BCUT2D eigenvalue weighted by atomic mass is 19.4. The van der Waals surface area contributed by atoms with E-state index in [9.17, 15) is 59.9 Å². The number of alkyl halides is 6. The first-order valence-corrected chi connectivity index (χ1v) is 37.1. The standard InChI is InChI=1S/C78H80F6N18O7/c1-44-10-19-62-71(95(3)76(109)102(62)63-20-21-69(104)94(2)74(63)107)70(44)45-22-25-96(26-23-45)40-46-11-15-54(101-43-50-34-67(86-38-61(50)93-101)90-73(106)60-7-5-9-66(89-60)78(82,83)84)36-56(46)57-35-53(100-42-49-32-51(13-18-58(49)92-100)87-72(105)59-6-4-8-65(88-59)77(79,80)81)14-12-47(57)41-97-28-30-98(31-29-97)52-16-17-55-48(33-52)37-85-39-64(55)99-27-24-68(103)91-75(99)108/h4-10,13,16-19,32-34,37-39,42-43,45-47,53-54,56-57,63H,11-12,14-15,20-31,35-36,40-41H2,1-3H3,(H,87,105)(H,90,106)(H,91,103,108)/t46-,47-,53+,54+,56?,57?,63?/m1/s1. The minimum atomic E-state index is -4.76. The van der Waals surface area contributed by atoms with Crippen LogP contribution in [0.15, 0.2) is 127 Å². The van der Waals surface area contributed by atoms with Crippen LogP contribution >= 0.6 is 0 Å². The summed E-state index contributed by atoms with van der Waals surface area (Å²) in [4.78, 5) is 119. The second-order valence-corrected chi connectivity index (χ2v) is 30.0. The summed E-state index contributed by atoms with van der Waals surface area (Å²) >= 11 is 0. The summed E-state index contributed by atoms with van der Waals surface area (Å²) < 4.78 is 89.3. The van der Waals surface area contributed by atoms with Crippen molar-refractivity contribution in [1.29, 1.82) is 0 Å². The molecule has 3 N–H and O–H groups in total. The van der Waals surface area contributed by atoms with Crippen molar-refractivity contribution in [2.24, 2.45) is 30.7 Å². The predicted octanol–water partition coefficient (Wildman–Crippen LogP) is 11.7. The third-order valence-electron chi connectivity index (χ3n) is 23.5. The largest absolute Gasteiger partial charge is 0.433 e. The zero-order valence-corrected chi connectivity index (χ0v) is 60.1. The molecular formula is C78H80F6N18O7. The monoisotopic (exact) mass is 1490 g/mol. The molecule has 4 saturated heterocycles. The van der Waals surface area contributed by atoms with E-state index in [0.717, 1.165) is 171 Å². The van der Waals surface area contributed by atoms with Crippen molar-refractivity contribution >= 4 is 102 Å². The molecule has 10 aromatic rings. The van der Waals surface area contributed by atoms with E-state index in [1.807, 2.05) is 40.0 Å². The van der Waals surface area contributed by atoms with E-state index in [0.29, 0.717) is 33.3 Å². The normalized spacial score (nSPS) is 22.5. The number of carbonyl (C=O) groups is 6. The summed E-state index contributed by atoms with van der Waals surface area (Å²) in [6.07, 6.45) is 6.53. The molecule has 11 heterocycles. The number of carbonyl (C=O) groups excluding carboxylic acids is 6. The summed E-state index contributed by atoms with van der Waals surface area (Å²) in [5.41, 5.74) is 3.42. The van der Waals surface area contributed by atoms with Gasteiger partial charge < -0.3 is 20.4 Å². The van der Waals surface area contributed by atoms with Crippen molar-refractivity contribution in [3.05, 3.63) is 166 Å². The van der Waals surface area contributed by atoms with Gasteiger partial charge in [-0.3, -0.25) is 67.5 Å². The molecule has 7 aromatic heterocycles. The molecule has 2 aliphatic carbocycles. The van der Waals surface area contributed by atoms with E-state index < -0.39 is 59.2 Å². The first-order valence-electron chi connectivity index (χ1n) is 37.1. The summed E-state index contributed by atoms with van der Waals surface area (Å²) in [7, 11) is 3.23. The number of imide groups is 2. The highest BCUT2D eigenvalue weighted by Crippen LogP contribution is 2.51. The van der Waals surface area contributed by atoms with Gasteiger partial charge in [0, 0.05) is 124 Å². The zero-order chi connectivity index (χ0) is 75.9. The van der Waals surface area contributed by atoms with Crippen molar-refractivity contribution in [3.63, 3.8) is 0 Å². The zero-order valence-electron chi connectivity index (χ0n) is 60.1. The fourth-order valence-electron chi connectivity index (χ4n) is 18.0. The van der Waals surface area contributed by atoms with Crippen LogP contribution in [0.3, 0.4) is 0 Å². The number of likely N-dealkylation sites (N-methyl/N-ethyl adjacent to an activating group) is 1. The molecule has 0 spiro atoms. The Labute approximate surface area is 620 Å². The number of likely N-dealkylation sites (tertiary alicyclic amines) is 2. The first-order chi connectivity index (χ1) is 52.3.